The van der Waals surface area contributed by atoms with Crippen molar-refractivity contribution in [3.05, 3.63) is 33.4 Å². The molecule has 2 aromatic heterocycles. The van der Waals surface area contributed by atoms with Gasteiger partial charge in [-0.3, -0.25) is 4.79 Å². The third kappa shape index (κ3) is 2.62. The zero-order chi connectivity index (χ0) is 12.5. The summed E-state index contributed by atoms with van der Waals surface area (Å²) in [6, 6.07) is 1.55. The molecule has 0 amide bonds. The van der Waals surface area contributed by atoms with Gasteiger partial charge in [0.2, 0.25) is 0 Å². The third-order valence-corrected chi connectivity index (χ3v) is 4.97. The Morgan fingerprint density at radius 3 is 2.88 bits per heavy atom. The van der Waals surface area contributed by atoms with Gasteiger partial charge in [-0.25, -0.2) is 13.1 Å². The van der Waals surface area contributed by atoms with E-state index in [1.165, 1.54) is 13.2 Å². The van der Waals surface area contributed by atoms with E-state index in [9.17, 15) is 13.2 Å². The fourth-order valence-corrected chi connectivity index (χ4v) is 3.55. The molecule has 0 radical (unpaired) electrons. The average Bonchev–Trinajstić information content (AvgIpc) is 2.85. The van der Waals surface area contributed by atoms with Crippen molar-refractivity contribution in [3.8, 4) is 0 Å². The first-order valence-electron chi connectivity index (χ1n) is 4.57. The Balaban J connectivity index is 2.20. The maximum Gasteiger partial charge on any atom is 0.305 e. The summed E-state index contributed by atoms with van der Waals surface area (Å²) >= 11 is 0.653. The standard InChI is InChI=1S/C8H9N3O4S2/c1-5-7(16-8(12)10-5)17(13,14)9-4-6-2-3-15-11-6/h2-3,9H,4H2,1H3,(H,10,12). The number of hydrogen-bond acceptors (Lipinski definition) is 6. The maximum absolute atomic E-state index is 11.8. The van der Waals surface area contributed by atoms with Crippen LogP contribution in [0.5, 0.6) is 0 Å². The number of thiazole rings is 1. The van der Waals surface area contributed by atoms with E-state index in [0.29, 0.717) is 22.7 Å². The number of aryl methyl sites for hydroxylation is 1. The fraction of sp³-hybridized carbons (Fsp3) is 0.250. The highest BCUT2D eigenvalue weighted by molar-refractivity contribution is 7.91. The highest BCUT2D eigenvalue weighted by atomic mass is 32.2. The van der Waals surface area contributed by atoms with Crippen LogP contribution in [0.25, 0.3) is 0 Å². The van der Waals surface area contributed by atoms with Crippen molar-refractivity contribution in [2.45, 2.75) is 17.7 Å². The van der Waals surface area contributed by atoms with Crippen LogP contribution in [0, 0.1) is 6.92 Å². The average molecular weight is 275 g/mol. The van der Waals surface area contributed by atoms with Crippen LogP contribution >= 0.6 is 11.3 Å². The zero-order valence-corrected chi connectivity index (χ0v) is 10.4. The van der Waals surface area contributed by atoms with Gasteiger partial charge in [-0.2, -0.15) is 0 Å². The van der Waals surface area contributed by atoms with E-state index in [4.69, 9.17) is 0 Å². The van der Waals surface area contributed by atoms with Gasteiger partial charge in [0.05, 0.1) is 12.2 Å². The Bertz CT molecular complexity index is 653. The molecule has 0 aliphatic rings. The summed E-state index contributed by atoms with van der Waals surface area (Å²) in [4.78, 5) is 13.1. The van der Waals surface area contributed by atoms with Crippen molar-refractivity contribution in [1.29, 1.82) is 0 Å². The van der Waals surface area contributed by atoms with Crippen molar-refractivity contribution in [2.24, 2.45) is 0 Å². The van der Waals surface area contributed by atoms with Gasteiger partial charge in [0.25, 0.3) is 10.0 Å². The fourth-order valence-electron chi connectivity index (χ4n) is 1.21. The predicted octanol–water partition coefficient (Wildman–Crippen LogP) is 0.211. The molecule has 2 rings (SSSR count). The van der Waals surface area contributed by atoms with Crippen LogP contribution in [-0.4, -0.2) is 18.6 Å². The normalized spacial score (nSPS) is 11.8. The topological polar surface area (TPSA) is 105 Å². The summed E-state index contributed by atoms with van der Waals surface area (Å²) in [7, 11) is -3.69. The van der Waals surface area contributed by atoms with Gasteiger partial charge < -0.3 is 9.51 Å². The summed E-state index contributed by atoms with van der Waals surface area (Å²) in [6.07, 6.45) is 1.35. The Morgan fingerprint density at radius 2 is 2.35 bits per heavy atom. The lowest BCUT2D eigenvalue weighted by Crippen LogP contribution is -2.23. The highest BCUT2D eigenvalue weighted by Crippen LogP contribution is 2.15. The summed E-state index contributed by atoms with van der Waals surface area (Å²) in [5.74, 6) is 0. The van der Waals surface area contributed by atoms with E-state index in [0.717, 1.165) is 0 Å². The summed E-state index contributed by atoms with van der Waals surface area (Å²) in [5.41, 5.74) is 0.793. The second-order valence-electron chi connectivity index (χ2n) is 3.24. The van der Waals surface area contributed by atoms with Crippen LogP contribution in [0.4, 0.5) is 0 Å². The molecule has 0 bridgehead atoms. The van der Waals surface area contributed by atoms with E-state index in [1.807, 2.05) is 0 Å². The SMILES string of the molecule is Cc1[nH]c(=O)sc1S(=O)(=O)NCc1ccon1. The molecule has 0 aliphatic carbocycles. The van der Waals surface area contributed by atoms with Crippen LogP contribution in [0.2, 0.25) is 0 Å². The number of H-pyrrole nitrogens is 1. The van der Waals surface area contributed by atoms with Gasteiger partial charge in [0.1, 0.15) is 6.26 Å². The van der Waals surface area contributed by atoms with E-state index in [1.54, 1.807) is 6.07 Å². The van der Waals surface area contributed by atoms with Gasteiger partial charge in [0, 0.05) is 11.8 Å². The number of aromatic amines is 1. The van der Waals surface area contributed by atoms with E-state index in [-0.39, 0.29) is 10.8 Å². The molecule has 17 heavy (non-hydrogen) atoms. The molecule has 2 heterocycles. The Hall–Kier alpha value is -1.45. The van der Waals surface area contributed by atoms with Crippen LogP contribution in [0.15, 0.2) is 25.9 Å². The molecule has 2 aromatic rings. The molecule has 0 aromatic carbocycles. The number of hydrogen-bond donors (Lipinski definition) is 2. The summed E-state index contributed by atoms with van der Waals surface area (Å²) < 4.78 is 30.6. The van der Waals surface area contributed by atoms with E-state index in [2.05, 4.69) is 19.4 Å². The maximum atomic E-state index is 11.8. The minimum Gasteiger partial charge on any atom is -0.364 e. The molecule has 0 spiro atoms. The molecule has 0 saturated heterocycles. The lowest BCUT2D eigenvalue weighted by Gasteiger charge is -2.02. The Kier molecular flexibility index (Phi) is 3.13. The number of aromatic nitrogens is 2. The van der Waals surface area contributed by atoms with Crippen LogP contribution in [0.1, 0.15) is 11.4 Å². The van der Waals surface area contributed by atoms with Gasteiger partial charge in [-0.05, 0) is 6.92 Å². The summed E-state index contributed by atoms with van der Waals surface area (Å²) in [6.45, 7) is 1.55. The first-order chi connectivity index (χ1) is 7.99. The molecule has 0 unspecified atom stereocenters. The molecule has 7 nitrogen and oxygen atoms in total. The first kappa shape index (κ1) is 12.0. The van der Waals surface area contributed by atoms with Crippen molar-refractivity contribution in [1.82, 2.24) is 14.9 Å². The van der Waals surface area contributed by atoms with Gasteiger partial charge in [0.15, 0.2) is 4.21 Å². The zero-order valence-electron chi connectivity index (χ0n) is 8.76. The lowest BCUT2D eigenvalue weighted by molar-refractivity contribution is 0.411. The number of nitrogens with zero attached hydrogens (tertiary/aromatic N) is 1. The number of sulfonamides is 1. The smallest absolute Gasteiger partial charge is 0.305 e. The summed E-state index contributed by atoms with van der Waals surface area (Å²) in [5, 5.41) is 3.57. The largest absolute Gasteiger partial charge is 0.364 e. The first-order valence-corrected chi connectivity index (χ1v) is 6.87. The molecule has 2 N–H and O–H groups in total. The van der Waals surface area contributed by atoms with Crippen molar-refractivity contribution >= 4 is 21.4 Å². The number of rotatable bonds is 4. The van der Waals surface area contributed by atoms with Gasteiger partial charge >= 0.3 is 4.87 Å². The van der Waals surface area contributed by atoms with E-state index >= 15 is 0 Å². The lowest BCUT2D eigenvalue weighted by atomic mass is 10.5. The predicted molar refractivity (Wildman–Crippen MR) is 60.2 cm³/mol. The molecular weight excluding hydrogens is 266 g/mol. The minimum absolute atomic E-state index is 0.00834. The van der Waals surface area contributed by atoms with Crippen LogP contribution < -0.4 is 9.60 Å². The molecule has 0 atom stereocenters. The van der Waals surface area contributed by atoms with Crippen molar-refractivity contribution in [2.75, 3.05) is 0 Å². The van der Waals surface area contributed by atoms with E-state index < -0.39 is 14.9 Å². The molecule has 0 fully saturated rings. The van der Waals surface area contributed by atoms with Crippen molar-refractivity contribution in [3.63, 3.8) is 0 Å². The molecule has 9 heteroatoms. The second kappa shape index (κ2) is 4.43. The monoisotopic (exact) mass is 275 g/mol. The highest BCUT2D eigenvalue weighted by Gasteiger charge is 2.20. The molecule has 0 saturated carbocycles. The van der Waals surface area contributed by atoms with Crippen molar-refractivity contribution < 1.29 is 12.9 Å². The molecule has 0 aliphatic heterocycles. The minimum atomic E-state index is -3.69. The quantitative estimate of drug-likeness (QED) is 0.830. The van der Waals surface area contributed by atoms with Crippen LogP contribution in [-0.2, 0) is 16.6 Å². The Morgan fingerprint density at radius 1 is 1.59 bits per heavy atom. The molecule has 92 valence electrons. The third-order valence-electron chi connectivity index (χ3n) is 1.96. The number of nitrogens with one attached hydrogen (secondary N) is 2. The Labute approximate surface area is 101 Å². The van der Waals surface area contributed by atoms with Gasteiger partial charge in [-0.1, -0.05) is 16.5 Å². The van der Waals surface area contributed by atoms with Gasteiger partial charge in [-0.15, -0.1) is 0 Å². The molecular formula is C8H9N3O4S2. The van der Waals surface area contributed by atoms with Crippen LogP contribution in [0.3, 0.4) is 0 Å². The second-order valence-corrected chi connectivity index (χ2v) is 6.19.